The number of ether oxygens (including phenoxy) is 1. The van der Waals surface area contributed by atoms with E-state index in [0.717, 1.165) is 66.1 Å². The summed E-state index contributed by atoms with van der Waals surface area (Å²) in [6.07, 6.45) is 0.437. The van der Waals surface area contributed by atoms with Crippen LogP contribution in [-0.4, -0.2) is 78.1 Å². The highest BCUT2D eigenvalue weighted by Crippen LogP contribution is 2.44. The predicted molar refractivity (Wildman–Crippen MR) is 160 cm³/mol. The molecule has 0 unspecified atom stereocenters. The molecule has 42 heavy (non-hydrogen) atoms. The monoisotopic (exact) mass is 563 g/mol. The van der Waals surface area contributed by atoms with Crippen LogP contribution < -0.4 is 10.2 Å². The molecule has 4 amide bonds. The van der Waals surface area contributed by atoms with Crippen molar-refractivity contribution in [2.75, 3.05) is 44.3 Å². The third-order valence-corrected chi connectivity index (χ3v) is 8.65. The highest BCUT2D eigenvalue weighted by Gasteiger charge is 2.53. The zero-order valence-electron chi connectivity index (χ0n) is 23.5. The van der Waals surface area contributed by atoms with Gasteiger partial charge in [-0.05, 0) is 48.4 Å². The van der Waals surface area contributed by atoms with Gasteiger partial charge in [-0.2, -0.15) is 0 Å². The topological polar surface area (TPSA) is 98.0 Å². The van der Waals surface area contributed by atoms with E-state index in [2.05, 4.69) is 21.3 Å². The molecule has 2 N–H and O–H groups in total. The summed E-state index contributed by atoms with van der Waals surface area (Å²) in [7, 11) is 0. The minimum atomic E-state index is -0.626. The number of morpholine rings is 1. The van der Waals surface area contributed by atoms with Crippen molar-refractivity contribution in [3.8, 4) is 0 Å². The lowest BCUT2D eigenvalue weighted by Gasteiger charge is -2.36. The fourth-order valence-electron chi connectivity index (χ4n) is 6.42. The van der Waals surface area contributed by atoms with Crippen molar-refractivity contribution in [1.29, 1.82) is 0 Å². The van der Waals surface area contributed by atoms with Gasteiger partial charge in [0.15, 0.2) is 0 Å². The van der Waals surface area contributed by atoms with Crippen LogP contribution in [0.1, 0.15) is 38.8 Å². The lowest BCUT2D eigenvalue weighted by atomic mass is 9.88. The minimum Gasteiger partial charge on any atom is -0.379 e. The molecule has 0 radical (unpaired) electrons. The Morgan fingerprint density at radius 1 is 0.976 bits per heavy atom. The molecule has 0 saturated carbocycles. The van der Waals surface area contributed by atoms with E-state index in [1.165, 1.54) is 4.90 Å². The number of nitrogens with one attached hydrogen (secondary N) is 2. The molecule has 3 aliphatic rings. The normalized spacial score (nSPS) is 20.6. The zero-order valence-corrected chi connectivity index (χ0v) is 23.5. The van der Waals surface area contributed by atoms with Crippen molar-refractivity contribution in [2.24, 2.45) is 0 Å². The molecular weight excluding hydrogens is 530 g/mol. The van der Waals surface area contributed by atoms with Crippen LogP contribution in [0, 0.1) is 6.92 Å². The number of nitrogens with zero attached hydrogens (tertiary/aromatic N) is 3. The number of aromatic amines is 1. The van der Waals surface area contributed by atoms with E-state index < -0.39 is 12.1 Å². The van der Waals surface area contributed by atoms with E-state index in [-0.39, 0.29) is 17.8 Å². The molecule has 9 heteroatoms. The maximum atomic E-state index is 14.1. The molecule has 0 aliphatic carbocycles. The average Bonchev–Trinajstić information content (AvgIpc) is 3.51. The molecule has 1 aromatic heterocycles. The van der Waals surface area contributed by atoms with E-state index in [1.54, 1.807) is 29.2 Å². The van der Waals surface area contributed by atoms with Gasteiger partial charge in [-0.1, -0.05) is 48.0 Å². The molecule has 214 valence electrons. The molecule has 3 aromatic carbocycles. The summed E-state index contributed by atoms with van der Waals surface area (Å²) in [5, 5.41) is 4.04. The Kier molecular flexibility index (Phi) is 6.76. The van der Waals surface area contributed by atoms with E-state index in [4.69, 9.17) is 4.74 Å². The highest BCUT2D eigenvalue weighted by molar-refractivity contribution is 6.22. The van der Waals surface area contributed by atoms with Gasteiger partial charge in [0.2, 0.25) is 0 Å². The van der Waals surface area contributed by atoms with Crippen molar-refractivity contribution < 1.29 is 19.1 Å². The van der Waals surface area contributed by atoms with Crippen LogP contribution in [0.15, 0.2) is 72.8 Å². The van der Waals surface area contributed by atoms with E-state index in [9.17, 15) is 14.4 Å². The average molecular weight is 564 g/mol. The number of hydrogen-bond donors (Lipinski definition) is 2. The van der Waals surface area contributed by atoms with Gasteiger partial charge in [0.25, 0.3) is 11.8 Å². The number of anilines is 1. The fourth-order valence-corrected chi connectivity index (χ4v) is 6.42. The number of H-pyrrole nitrogens is 1. The van der Waals surface area contributed by atoms with Gasteiger partial charge in [-0.15, -0.1) is 0 Å². The summed E-state index contributed by atoms with van der Waals surface area (Å²) < 4.78 is 5.37. The van der Waals surface area contributed by atoms with Crippen LogP contribution >= 0.6 is 0 Å². The number of carbonyl (C=O) groups is 3. The molecule has 2 saturated heterocycles. The number of urea groups is 1. The van der Waals surface area contributed by atoms with E-state index >= 15 is 0 Å². The van der Waals surface area contributed by atoms with Gasteiger partial charge in [0.05, 0.1) is 18.9 Å². The summed E-state index contributed by atoms with van der Waals surface area (Å²) in [6.45, 7) is 6.50. The third kappa shape index (κ3) is 4.55. The summed E-state index contributed by atoms with van der Waals surface area (Å²) >= 11 is 0. The Balaban J connectivity index is 1.15. The Morgan fingerprint density at radius 2 is 1.71 bits per heavy atom. The molecular formula is C33H33N5O4. The Morgan fingerprint density at radius 3 is 2.48 bits per heavy atom. The summed E-state index contributed by atoms with van der Waals surface area (Å²) in [4.78, 5) is 49.6. The lowest BCUT2D eigenvalue weighted by molar-refractivity contribution is -0.120. The molecule has 4 heterocycles. The first kappa shape index (κ1) is 26.4. The van der Waals surface area contributed by atoms with E-state index in [1.807, 2.05) is 49.4 Å². The third-order valence-electron chi connectivity index (χ3n) is 8.65. The Bertz CT molecular complexity index is 1660. The molecule has 9 nitrogen and oxygen atoms in total. The number of rotatable bonds is 6. The second-order valence-electron chi connectivity index (χ2n) is 11.2. The number of hydrogen-bond acceptors (Lipinski definition) is 5. The van der Waals surface area contributed by atoms with Gasteiger partial charge in [0.1, 0.15) is 12.1 Å². The molecule has 2 fully saturated rings. The second-order valence-corrected chi connectivity index (χ2v) is 11.2. The number of para-hydroxylation sites is 1. The molecule has 4 aromatic rings. The number of aryl methyl sites for hydroxylation is 1. The van der Waals surface area contributed by atoms with Gasteiger partial charge in [-0.3, -0.25) is 19.4 Å². The molecule has 0 bridgehead atoms. The van der Waals surface area contributed by atoms with Gasteiger partial charge in [-0.25, -0.2) is 9.69 Å². The molecule has 7 rings (SSSR count). The summed E-state index contributed by atoms with van der Waals surface area (Å²) in [5.41, 5.74) is 6.03. The van der Waals surface area contributed by atoms with Crippen molar-refractivity contribution >= 4 is 34.4 Å². The Hall–Kier alpha value is -4.47. The number of imide groups is 1. The number of aromatic nitrogens is 1. The van der Waals surface area contributed by atoms with Crippen LogP contribution in [-0.2, 0) is 16.0 Å². The largest absolute Gasteiger partial charge is 0.379 e. The maximum Gasteiger partial charge on any atom is 0.332 e. The maximum absolute atomic E-state index is 14.1. The second kappa shape index (κ2) is 10.7. The molecule has 2 atom stereocenters. The standard InChI is InChI=1S/C33H33N5O4/c1-21-6-8-22(9-7-21)30-29-26(25-4-2-3-5-27(25)35-29)20-28-32(40)37(33(41)38(28)30)24-12-10-23(11-13-24)31(39)34-14-15-36-16-18-42-19-17-36/h2-13,28,30,35H,14-20H2,1H3,(H,34,39)/t28-,30+/m0/s1. The van der Waals surface area contributed by atoms with Crippen molar-refractivity contribution in [2.45, 2.75) is 25.4 Å². The van der Waals surface area contributed by atoms with Crippen LogP contribution in [0.3, 0.4) is 0 Å². The van der Waals surface area contributed by atoms with Gasteiger partial charge < -0.3 is 15.0 Å². The SMILES string of the molecule is Cc1ccc([C@@H]2c3[nH]c4ccccc4c3C[C@H]3C(=O)N(c4ccc(C(=O)NCCN5CCOCC5)cc4)C(=O)N23)cc1. The smallest absolute Gasteiger partial charge is 0.332 e. The lowest BCUT2D eigenvalue weighted by Crippen LogP contribution is -2.44. The number of benzene rings is 3. The number of carbonyl (C=O) groups excluding carboxylic acids is 3. The summed E-state index contributed by atoms with van der Waals surface area (Å²) in [5.74, 6) is -0.438. The quantitative estimate of drug-likeness (QED) is 0.346. The Labute approximate surface area is 244 Å². The first-order chi connectivity index (χ1) is 20.5. The first-order valence-electron chi connectivity index (χ1n) is 14.5. The van der Waals surface area contributed by atoms with Crippen LogP contribution in [0.5, 0.6) is 0 Å². The number of amides is 4. The highest BCUT2D eigenvalue weighted by atomic mass is 16.5. The molecule has 0 spiro atoms. The van der Waals surface area contributed by atoms with Crippen molar-refractivity contribution in [3.05, 3.63) is 101 Å². The van der Waals surface area contributed by atoms with Gasteiger partial charge >= 0.3 is 6.03 Å². The van der Waals surface area contributed by atoms with Crippen LogP contribution in [0.2, 0.25) is 0 Å². The van der Waals surface area contributed by atoms with Gasteiger partial charge in [0, 0.05) is 54.8 Å². The number of fused-ring (bicyclic) bond motifs is 4. The van der Waals surface area contributed by atoms with Crippen molar-refractivity contribution in [1.82, 2.24) is 20.1 Å². The zero-order chi connectivity index (χ0) is 28.8. The van der Waals surface area contributed by atoms with Crippen LogP contribution in [0.4, 0.5) is 10.5 Å². The summed E-state index contributed by atoms with van der Waals surface area (Å²) in [6, 6.07) is 21.5. The molecule has 3 aliphatic heterocycles. The van der Waals surface area contributed by atoms with Crippen molar-refractivity contribution in [3.63, 3.8) is 0 Å². The fraction of sp³-hybridized carbons (Fsp3) is 0.303. The first-order valence-corrected chi connectivity index (χ1v) is 14.5. The van der Waals surface area contributed by atoms with Crippen LogP contribution in [0.25, 0.3) is 10.9 Å². The minimum absolute atomic E-state index is 0.184. The predicted octanol–water partition coefficient (Wildman–Crippen LogP) is 4.02. The van der Waals surface area contributed by atoms with E-state index in [0.29, 0.717) is 24.2 Å².